The van der Waals surface area contributed by atoms with Gasteiger partial charge < -0.3 is 10.8 Å². The van der Waals surface area contributed by atoms with Crippen LogP contribution in [0.5, 0.6) is 5.75 Å². The summed E-state index contributed by atoms with van der Waals surface area (Å²) in [7, 11) is -9.57. The number of nitrogens with zero attached hydrogens (tertiary/aromatic N) is 4. The number of aromatic hydroxyl groups is 1. The van der Waals surface area contributed by atoms with Crippen LogP contribution < -0.4 is 5.73 Å². The lowest BCUT2D eigenvalue weighted by molar-refractivity contribution is -0.432. The number of anilines is 1. The molecule has 0 unspecified atom stereocenters. The summed E-state index contributed by atoms with van der Waals surface area (Å²) < 4.78 is 77.0. The molecule has 0 radical (unpaired) electrons. The fraction of sp³-hybridized carbons (Fsp3) is 0. The number of rotatable bonds is 12. The van der Waals surface area contributed by atoms with Gasteiger partial charge >= 0.3 is 0 Å². The van der Waals surface area contributed by atoms with Crippen molar-refractivity contribution in [3.63, 3.8) is 0 Å². The van der Waals surface area contributed by atoms with E-state index in [0.717, 1.165) is 47.1 Å². The van der Waals surface area contributed by atoms with Crippen LogP contribution in [0.1, 0.15) is 0 Å². The summed E-state index contributed by atoms with van der Waals surface area (Å²) in [6.45, 7) is 0. The summed E-state index contributed by atoms with van der Waals surface area (Å²) >= 11 is 1.10. The molecule has 0 atom stereocenters. The summed E-state index contributed by atoms with van der Waals surface area (Å²) in [6, 6.07) is 20.7. The SMILES string of the molecule is Nc1ccc2c(O)c(N=Nc3ccc(N=Nc4ccc5c(SOOO)cccc5c4)c4ccc(S(=O)(=O)O)cc34)c(SOOO)cc2c1S(=O)(=O)O. The zero-order valence-electron chi connectivity index (χ0n) is 25.6. The molecule has 0 heterocycles. The number of phenolic OH excluding ortho intramolecular Hbond substituents is 1. The molecule has 0 amide bonds. The molecule has 0 aliphatic carbocycles. The van der Waals surface area contributed by atoms with Gasteiger partial charge in [0.25, 0.3) is 20.2 Å². The summed E-state index contributed by atoms with van der Waals surface area (Å²) in [6.07, 6.45) is 0. The third-order valence-electron chi connectivity index (χ3n) is 7.38. The summed E-state index contributed by atoms with van der Waals surface area (Å²) in [5.74, 6) is -0.640. The van der Waals surface area contributed by atoms with Crippen LogP contribution in [-0.2, 0) is 39.0 Å². The van der Waals surface area contributed by atoms with Gasteiger partial charge in [-0.15, -0.1) is 24.0 Å². The minimum Gasteiger partial charge on any atom is -0.505 e. The van der Waals surface area contributed by atoms with E-state index in [2.05, 4.69) is 39.2 Å². The summed E-state index contributed by atoms with van der Waals surface area (Å²) in [4.78, 5) is -0.691. The van der Waals surface area contributed by atoms with Gasteiger partial charge in [0.1, 0.15) is 10.6 Å². The van der Waals surface area contributed by atoms with Crippen molar-refractivity contribution < 1.29 is 60.3 Å². The lowest BCUT2D eigenvalue weighted by Gasteiger charge is -2.13. The van der Waals surface area contributed by atoms with E-state index in [4.69, 9.17) is 16.2 Å². The predicted octanol–water partition coefficient (Wildman–Crippen LogP) is 8.61. The average Bonchev–Trinajstić information content (AvgIpc) is 3.10. The second-order valence-electron chi connectivity index (χ2n) is 10.4. The second-order valence-corrected chi connectivity index (χ2v) is 14.7. The molecule has 6 aromatic rings. The van der Waals surface area contributed by atoms with Gasteiger partial charge in [0, 0.05) is 26.4 Å². The Labute approximate surface area is 300 Å². The Kier molecular flexibility index (Phi) is 10.7. The Morgan fingerprint density at radius 2 is 1.27 bits per heavy atom. The number of hydrogen-bond donors (Lipinski definition) is 6. The van der Waals surface area contributed by atoms with Crippen LogP contribution in [0.3, 0.4) is 0 Å². The quantitative estimate of drug-likeness (QED) is 0.0169. The van der Waals surface area contributed by atoms with E-state index in [9.17, 15) is 31.0 Å². The van der Waals surface area contributed by atoms with Crippen LogP contribution in [-0.4, -0.2) is 41.6 Å². The highest BCUT2D eigenvalue weighted by atomic mass is 32.2. The molecular formula is C30H21N5O13S4. The third kappa shape index (κ3) is 7.68. The van der Waals surface area contributed by atoms with E-state index in [0.29, 0.717) is 28.0 Å². The van der Waals surface area contributed by atoms with E-state index < -0.39 is 35.8 Å². The fourth-order valence-electron chi connectivity index (χ4n) is 5.18. The maximum atomic E-state index is 12.1. The largest absolute Gasteiger partial charge is 0.505 e. The number of nitrogen functional groups attached to an aromatic ring is 1. The molecule has 6 rings (SSSR count). The number of hydrogen-bond acceptors (Lipinski definition) is 18. The maximum absolute atomic E-state index is 12.1. The normalized spacial score (nSPS) is 12.6. The monoisotopic (exact) mass is 787 g/mol. The molecule has 7 N–H and O–H groups in total. The number of benzene rings is 6. The van der Waals surface area contributed by atoms with Gasteiger partial charge in [-0.25, -0.2) is 10.5 Å². The minimum absolute atomic E-state index is 0.0231. The maximum Gasteiger partial charge on any atom is 0.297 e. The standard InChI is InChI=1S/C30H21N5O13S4/c31-23-9-8-20-22(30(23)52(42,43)44)14-27(50-48-46-38)28(29(20)36)35-34-25-11-10-24(19-7-5-17(13-21(19)25)51(39,40)41)33-32-16-4-6-18-15(12-16)2-1-3-26(18)49-47-45-37/h1-14,36-38H,31H2,(H,39,40,41)(H,42,43,44). The lowest BCUT2D eigenvalue weighted by atomic mass is 10.1. The van der Waals surface area contributed by atoms with Crippen molar-refractivity contribution in [1.29, 1.82) is 0 Å². The molecule has 0 spiro atoms. The first-order chi connectivity index (χ1) is 24.8. The molecule has 0 bridgehead atoms. The molecule has 0 saturated carbocycles. The smallest absolute Gasteiger partial charge is 0.297 e. The van der Waals surface area contributed by atoms with Gasteiger partial charge in [-0.2, -0.15) is 21.9 Å². The van der Waals surface area contributed by atoms with E-state index >= 15 is 0 Å². The Hall–Kier alpha value is -4.82. The van der Waals surface area contributed by atoms with Crippen molar-refractivity contribution in [3.05, 3.63) is 84.9 Å². The molecule has 0 saturated heterocycles. The van der Waals surface area contributed by atoms with Gasteiger partial charge in [0.2, 0.25) is 0 Å². The van der Waals surface area contributed by atoms with Gasteiger partial charge in [-0.3, -0.25) is 9.11 Å². The highest BCUT2D eigenvalue weighted by molar-refractivity contribution is 7.95. The molecule has 52 heavy (non-hydrogen) atoms. The van der Waals surface area contributed by atoms with Crippen molar-refractivity contribution in [2.45, 2.75) is 19.6 Å². The van der Waals surface area contributed by atoms with Gasteiger partial charge in [-0.1, -0.05) is 34.3 Å². The highest BCUT2D eigenvalue weighted by Crippen LogP contribution is 2.47. The van der Waals surface area contributed by atoms with Crippen molar-refractivity contribution >= 4 is 105 Å². The zero-order chi connectivity index (χ0) is 37.2. The molecule has 22 heteroatoms. The molecule has 0 aromatic heterocycles. The first kappa shape index (κ1) is 37.0. The van der Waals surface area contributed by atoms with Gasteiger partial charge in [0.05, 0.1) is 56.6 Å². The molecule has 18 nitrogen and oxygen atoms in total. The van der Waals surface area contributed by atoms with Gasteiger partial charge in [-0.05, 0) is 71.4 Å². The van der Waals surface area contributed by atoms with Crippen LogP contribution in [0, 0.1) is 0 Å². The molecule has 0 fully saturated rings. The second kappa shape index (κ2) is 15.0. The van der Waals surface area contributed by atoms with Gasteiger partial charge in [0.15, 0.2) is 5.75 Å². The molecule has 268 valence electrons. The van der Waals surface area contributed by atoms with Crippen molar-refractivity contribution in [2.24, 2.45) is 20.5 Å². The molecule has 0 aliphatic heterocycles. The fourth-order valence-corrected chi connectivity index (χ4v) is 7.50. The van der Waals surface area contributed by atoms with E-state index in [-0.39, 0.29) is 43.8 Å². The summed E-state index contributed by atoms with van der Waals surface area (Å²) in [5, 5.41) is 54.4. The Balaban J connectivity index is 1.45. The average molecular weight is 788 g/mol. The first-order valence-corrected chi connectivity index (χ1v) is 18.4. The Morgan fingerprint density at radius 1 is 0.615 bits per heavy atom. The van der Waals surface area contributed by atoms with Crippen LogP contribution in [0.4, 0.5) is 28.4 Å². The van der Waals surface area contributed by atoms with E-state index in [1.165, 1.54) is 24.3 Å². The Morgan fingerprint density at radius 3 is 1.96 bits per heavy atom. The highest BCUT2D eigenvalue weighted by Gasteiger charge is 2.24. The lowest BCUT2D eigenvalue weighted by Crippen LogP contribution is -2.04. The van der Waals surface area contributed by atoms with E-state index in [1.54, 1.807) is 30.3 Å². The number of azo groups is 2. The molecule has 0 aliphatic rings. The summed E-state index contributed by atoms with van der Waals surface area (Å²) in [5.41, 5.74) is 5.88. The topological polar surface area (TPSA) is 282 Å². The zero-order valence-corrected chi connectivity index (χ0v) is 28.9. The van der Waals surface area contributed by atoms with Crippen molar-refractivity contribution in [2.75, 3.05) is 5.73 Å². The van der Waals surface area contributed by atoms with Crippen molar-refractivity contribution in [1.82, 2.24) is 0 Å². The van der Waals surface area contributed by atoms with E-state index in [1.807, 2.05) is 6.07 Å². The predicted molar refractivity (Wildman–Crippen MR) is 187 cm³/mol. The Bertz CT molecular complexity index is 2660. The van der Waals surface area contributed by atoms with Crippen LogP contribution in [0.15, 0.2) is 125 Å². The number of phenols is 1. The minimum atomic E-state index is -4.89. The van der Waals surface area contributed by atoms with Crippen LogP contribution in [0.2, 0.25) is 0 Å². The third-order valence-corrected chi connectivity index (χ3v) is 10.5. The van der Waals surface area contributed by atoms with Crippen molar-refractivity contribution in [3.8, 4) is 5.75 Å². The molecule has 6 aromatic carbocycles. The van der Waals surface area contributed by atoms with Crippen LogP contribution in [0.25, 0.3) is 32.3 Å². The number of fused-ring (bicyclic) bond motifs is 3. The number of nitrogens with two attached hydrogens (primary N) is 1. The van der Waals surface area contributed by atoms with Crippen LogP contribution >= 0.6 is 24.1 Å². The first-order valence-electron chi connectivity index (χ1n) is 14.1. The molecular weight excluding hydrogens is 767 g/mol.